The van der Waals surface area contributed by atoms with E-state index in [1.807, 2.05) is 13.0 Å². The van der Waals surface area contributed by atoms with Crippen molar-refractivity contribution in [3.8, 4) is 0 Å². The lowest BCUT2D eigenvalue weighted by molar-refractivity contribution is -0.121. The zero-order valence-corrected chi connectivity index (χ0v) is 11.6. The zero-order chi connectivity index (χ0) is 13.2. The number of halogens is 1. The molecule has 5 heteroatoms. The maximum absolute atomic E-state index is 12.0. The van der Waals surface area contributed by atoms with Crippen LogP contribution < -0.4 is 11.1 Å². The molecule has 0 aliphatic rings. The molecule has 0 aromatic heterocycles. The fraction of sp³-hybridized carbons (Fsp3) is 0.333. The highest BCUT2D eigenvalue weighted by Crippen LogP contribution is 2.25. The van der Waals surface area contributed by atoms with E-state index in [9.17, 15) is 4.79 Å². The van der Waals surface area contributed by atoms with Crippen LogP contribution in [-0.4, -0.2) is 10.9 Å². The molecular weight excluding hydrogens is 256 g/mol. The van der Waals surface area contributed by atoms with Crippen molar-refractivity contribution in [2.45, 2.75) is 20.8 Å². The van der Waals surface area contributed by atoms with E-state index < -0.39 is 5.41 Å². The second kappa shape index (κ2) is 5.02. The Kier molecular flexibility index (Phi) is 4.11. The van der Waals surface area contributed by atoms with Gasteiger partial charge in [-0.05, 0) is 38.5 Å². The Labute approximate surface area is 111 Å². The molecule has 1 rings (SSSR count). The van der Waals surface area contributed by atoms with Gasteiger partial charge in [0.15, 0.2) is 0 Å². The Bertz CT molecular complexity index is 472. The molecule has 0 radical (unpaired) electrons. The summed E-state index contributed by atoms with van der Waals surface area (Å²) in [7, 11) is 0. The standard InChI is InChI=1S/C12H15ClN2OS/c1-7-4-5-9(8(13)6-7)15-11(16)12(2,3)10(14)17/h4-6H,1-3H3,(H2,14,17)(H,15,16). The van der Waals surface area contributed by atoms with Crippen LogP contribution in [0, 0.1) is 12.3 Å². The Morgan fingerprint density at radius 1 is 1.47 bits per heavy atom. The molecule has 0 saturated carbocycles. The Morgan fingerprint density at radius 2 is 2.06 bits per heavy atom. The first-order valence-electron chi connectivity index (χ1n) is 5.12. The van der Waals surface area contributed by atoms with Gasteiger partial charge in [0.05, 0.1) is 21.1 Å². The number of amides is 1. The van der Waals surface area contributed by atoms with Crippen LogP contribution >= 0.6 is 23.8 Å². The maximum Gasteiger partial charge on any atom is 0.236 e. The summed E-state index contributed by atoms with van der Waals surface area (Å²) in [6.07, 6.45) is 0. The number of carbonyl (C=O) groups is 1. The fourth-order valence-corrected chi connectivity index (χ4v) is 1.49. The number of carbonyl (C=O) groups excluding carboxylic acids is 1. The van der Waals surface area contributed by atoms with E-state index in [-0.39, 0.29) is 10.9 Å². The van der Waals surface area contributed by atoms with Crippen molar-refractivity contribution >= 4 is 40.4 Å². The largest absolute Gasteiger partial charge is 0.392 e. The van der Waals surface area contributed by atoms with E-state index in [1.165, 1.54) is 0 Å². The second-order valence-electron chi connectivity index (χ2n) is 4.43. The molecule has 17 heavy (non-hydrogen) atoms. The maximum atomic E-state index is 12.0. The van der Waals surface area contributed by atoms with Gasteiger partial charge in [-0.1, -0.05) is 29.9 Å². The van der Waals surface area contributed by atoms with Crippen LogP contribution in [0.3, 0.4) is 0 Å². The van der Waals surface area contributed by atoms with Crippen molar-refractivity contribution in [3.63, 3.8) is 0 Å². The van der Waals surface area contributed by atoms with Crippen LogP contribution in [0.25, 0.3) is 0 Å². The van der Waals surface area contributed by atoms with Crippen molar-refractivity contribution in [3.05, 3.63) is 28.8 Å². The fourth-order valence-electron chi connectivity index (χ4n) is 1.11. The minimum atomic E-state index is -0.899. The first-order chi connectivity index (χ1) is 7.75. The highest BCUT2D eigenvalue weighted by atomic mass is 35.5. The summed E-state index contributed by atoms with van der Waals surface area (Å²) in [4.78, 5) is 12.1. The van der Waals surface area contributed by atoms with Crippen LogP contribution in [-0.2, 0) is 4.79 Å². The quantitative estimate of drug-likeness (QED) is 0.831. The smallest absolute Gasteiger partial charge is 0.236 e. The number of anilines is 1. The van der Waals surface area contributed by atoms with E-state index in [1.54, 1.807) is 26.0 Å². The lowest BCUT2D eigenvalue weighted by atomic mass is 9.92. The minimum Gasteiger partial charge on any atom is -0.392 e. The van der Waals surface area contributed by atoms with Gasteiger partial charge in [-0.2, -0.15) is 0 Å². The Balaban J connectivity index is 2.92. The van der Waals surface area contributed by atoms with Crippen LogP contribution in [0.15, 0.2) is 18.2 Å². The van der Waals surface area contributed by atoms with E-state index in [0.29, 0.717) is 10.7 Å². The van der Waals surface area contributed by atoms with Crippen LogP contribution in [0.4, 0.5) is 5.69 Å². The van der Waals surface area contributed by atoms with Gasteiger partial charge in [-0.15, -0.1) is 0 Å². The zero-order valence-electron chi connectivity index (χ0n) is 10.0. The summed E-state index contributed by atoms with van der Waals surface area (Å²) >= 11 is 10.9. The molecule has 0 aliphatic heterocycles. The second-order valence-corrected chi connectivity index (χ2v) is 5.27. The topological polar surface area (TPSA) is 55.1 Å². The lowest BCUT2D eigenvalue weighted by Crippen LogP contribution is -2.41. The van der Waals surface area contributed by atoms with Crippen LogP contribution in [0.1, 0.15) is 19.4 Å². The van der Waals surface area contributed by atoms with Gasteiger partial charge in [-0.25, -0.2) is 0 Å². The SMILES string of the molecule is Cc1ccc(NC(=O)C(C)(C)C(N)=S)c(Cl)c1. The van der Waals surface area contributed by atoms with E-state index in [0.717, 1.165) is 5.56 Å². The number of thiocarbonyl (C=S) groups is 1. The monoisotopic (exact) mass is 270 g/mol. The molecule has 0 bridgehead atoms. The van der Waals surface area contributed by atoms with Gasteiger partial charge in [0.25, 0.3) is 0 Å². The average Bonchev–Trinajstić information content (AvgIpc) is 2.21. The molecular formula is C12H15ClN2OS. The molecule has 92 valence electrons. The summed E-state index contributed by atoms with van der Waals surface area (Å²) in [6.45, 7) is 5.27. The van der Waals surface area contributed by atoms with Crippen LogP contribution in [0.5, 0.6) is 0 Å². The summed E-state index contributed by atoms with van der Waals surface area (Å²) in [5, 5.41) is 3.22. The molecule has 0 atom stereocenters. The highest BCUT2D eigenvalue weighted by molar-refractivity contribution is 7.80. The summed E-state index contributed by atoms with van der Waals surface area (Å²) < 4.78 is 0. The summed E-state index contributed by atoms with van der Waals surface area (Å²) in [5.74, 6) is -0.268. The molecule has 0 saturated heterocycles. The number of rotatable bonds is 3. The number of hydrogen-bond acceptors (Lipinski definition) is 2. The van der Waals surface area contributed by atoms with Crippen LogP contribution in [0.2, 0.25) is 5.02 Å². The molecule has 3 N–H and O–H groups in total. The Hall–Kier alpha value is -1.13. The third-order valence-electron chi connectivity index (χ3n) is 2.56. The molecule has 1 aromatic carbocycles. The highest BCUT2D eigenvalue weighted by Gasteiger charge is 2.31. The number of hydrogen-bond donors (Lipinski definition) is 2. The molecule has 0 heterocycles. The summed E-state index contributed by atoms with van der Waals surface area (Å²) in [5.41, 5.74) is 6.22. The predicted octanol–water partition coefficient (Wildman–Crippen LogP) is 2.90. The van der Waals surface area contributed by atoms with Gasteiger partial charge in [0.2, 0.25) is 5.91 Å². The van der Waals surface area contributed by atoms with Crippen molar-refractivity contribution in [1.82, 2.24) is 0 Å². The third kappa shape index (κ3) is 3.17. The van der Waals surface area contributed by atoms with Crippen molar-refractivity contribution in [1.29, 1.82) is 0 Å². The number of nitrogens with one attached hydrogen (secondary N) is 1. The van der Waals surface area contributed by atoms with Crippen molar-refractivity contribution in [2.75, 3.05) is 5.32 Å². The van der Waals surface area contributed by atoms with Gasteiger partial charge in [0.1, 0.15) is 0 Å². The molecule has 1 amide bonds. The van der Waals surface area contributed by atoms with Crippen molar-refractivity contribution in [2.24, 2.45) is 11.1 Å². The van der Waals surface area contributed by atoms with Crippen molar-refractivity contribution < 1.29 is 4.79 Å². The van der Waals surface area contributed by atoms with Gasteiger partial charge >= 0.3 is 0 Å². The molecule has 0 fully saturated rings. The molecule has 0 spiro atoms. The molecule has 0 unspecified atom stereocenters. The molecule has 0 aliphatic carbocycles. The minimum absolute atomic E-state index is 0.151. The third-order valence-corrected chi connectivity index (χ3v) is 3.38. The van der Waals surface area contributed by atoms with Gasteiger partial charge < -0.3 is 11.1 Å². The normalized spacial score (nSPS) is 11.1. The first kappa shape index (κ1) is 13.9. The average molecular weight is 271 g/mol. The van der Waals surface area contributed by atoms with E-state index in [4.69, 9.17) is 29.6 Å². The summed E-state index contributed by atoms with van der Waals surface area (Å²) in [6, 6.07) is 5.41. The van der Waals surface area contributed by atoms with Gasteiger partial charge in [-0.3, -0.25) is 4.79 Å². The Morgan fingerprint density at radius 3 is 2.53 bits per heavy atom. The number of benzene rings is 1. The first-order valence-corrected chi connectivity index (χ1v) is 5.91. The number of aryl methyl sites for hydroxylation is 1. The predicted molar refractivity (Wildman–Crippen MR) is 75.4 cm³/mol. The molecule has 1 aromatic rings. The van der Waals surface area contributed by atoms with E-state index >= 15 is 0 Å². The lowest BCUT2D eigenvalue weighted by Gasteiger charge is -2.22. The molecule has 3 nitrogen and oxygen atoms in total. The number of nitrogens with two attached hydrogens (primary N) is 1. The van der Waals surface area contributed by atoms with Gasteiger partial charge in [0, 0.05) is 0 Å². The van der Waals surface area contributed by atoms with E-state index in [2.05, 4.69) is 5.32 Å².